The molecule has 0 aliphatic heterocycles. The van der Waals surface area contributed by atoms with Crippen molar-refractivity contribution in [3.8, 4) is 23.5 Å². The molecule has 6 nitrogen and oxygen atoms in total. The molecule has 0 bridgehead atoms. The van der Waals surface area contributed by atoms with E-state index in [1.165, 1.54) is 18.0 Å². The van der Waals surface area contributed by atoms with Crippen molar-refractivity contribution < 1.29 is 14.2 Å². The Kier molecular flexibility index (Phi) is 4.54. The van der Waals surface area contributed by atoms with Crippen molar-refractivity contribution in [1.82, 2.24) is 0 Å². The van der Waals surface area contributed by atoms with Gasteiger partial charge in [0.1, 0.15) is 29.2 Å². The van der Waals surface area contributed by atoms with Crippen LogP contribution in [0.4, 0.5) is 5.82 Å². The van der Waals surface area contributed by atoms with Crippen molar-refractivity contribution in [1.29, 1.82) is 10.5 Å². The number of nitrogens with zero attached hydrogens (tertiary/aromatic N) is 2. The number of ketones is 1. The maximum atomic E-state index is 12.1. The molecule has 2 aromatic heterocycles. The molecule has 0 spiro atoms. The number of nitrogen functional groups attached to an aromatic ring is 1. The number of nitriles is 2. The average Bonchev–Trinajstić information content (AvgIpc) is 3.10. The SMILES string of the molecule is N#Cc1c(N)[nH+]c(S[C@H]2CCCCC2=O)c(C#N)c1-c1ccco1. The van der Waals surface area contributed by atoms with E-state index in [0.29, 0.717) is 22.8 Å². The fourth-order valence-corrected chi connectivity index (χ4v) is 4.07. The van der Waals surface area contributed by atoms with Gasteiger partial charge in [-0.15, -0.1) is 0 Å². The van der Waals surface area contributed by atoms with Crippen molar-refractivity contribution in [2.75, 3.05) is 5.73 Å². The Bertz CT molecular complexity index is 862. The second-order valence-electron chi connectivity index (χ2n) is 5.51. The Morgan fingerprint density at radius 1 is 1.29 bits per heavy atom. The minimum Gasteiger partial charge on any atom is -0.464 e. The van der Waals surface area contributed by atoms with Crippen molar-refractivity contribution in [3.63, 3.8) is 0 Å². The maximum absolute atomic E-state index is 12.1. The van der Waals surface area contributed by atoms with Crippen LogP contribution in [0.2, 0.25) is 0 Å². The van der Waals surface area contributed by atoms with Crippen LogP contribution < -0.4 is 10.7 Å². The monoisotopic (exact) mass is 339 g/mol. The van der Waals surface area contributed by atoms with E-state index >= 15 is 0 Å². The number of Topliss-reactive ketones (excluding diaryl/α,β-unsaturated/α-hetero) is 1. The molecule has 1 fully saturated rings. The first-order valence-corrected chi connectivity index (χ1v) is 8.46. The standard InChI is InChI=1S/C17H14N4O2S/c18-8-10-15(13-5-3-7-23-13)11(9-19)17(21-16(10)20)24-14-6-2-1-4-12(14)22/h3,5,7,14H,1-2,4,6H2,(H2,20,21)/p+1/t14-/m0/s1. The number of rotatable bonds is 3. The molecule has 24 heavy (non-hydrogen) atoms. The number of H-pyrrole nitrogens is 1. The average molecular weight is 339 g/mol. The van der Waals surface area contributed by atoms with Gasteiger partial charge in [-0.25, -0.2) is 4.98 Å². The lowest BCUT2D eigenvalue weighted by Crippen LogP contribution is -2.25. The molecule has 0 amide bonds. The third-order valence-electron chi connectivity index (χ3n) is 3.99. The van der Waals surface area contributed by atoms with Crippen molar-refractivity contribution in [3.05, 3.63) is 29.5 Å². The highest BCUT2D eigenvalue weighted by Crippen LogP contribution is 2.37. The van der Waals surface area contributed by atoms with E-state index < -0.39 is 0 Å². The van der Waals surface area contributed by atoms with Crippen LogP contribution in [0.3, 0.4) is 0 Å². The van der Waals surface area contributed by atoms with Gasteiger partial charge >= 0.3 is 0 Å². The normalized spacial score (nSPS) is 17.2. The predicted molar refractivity (Wildman–Crippen MR) is 87.7 cm³/mol. The van der Waals surface area contributed by atoms with Gasteiger partial charge in [-0.05, 0) is 25.0 Å². The van der Waals surface area contributed by atoms with Crippen LogP contribution in [-0.4, -0.2) is 11.0 Å². The lowest BCUT2D eigenvalue weighted by molar-refractivity contribution is -0.410. The van der Waals surface area contributed by atoms with Crippen molar-refractivity contribution >= 4 is 23.4 Å². The lowest BCUT2D eigenvalue weighted by Gasteiger charge is -2.19. The van der Waals surface area contributed by atoms with Gasteiger partial charge < -0.3 is 4.42 Å². The summed E-state index contributed by atoms with van der Waals surface area (Å²) in [6.45, 7) is 0. The lowest BCUT2D eigenvalue weighted by atomic mass is 9.99. The van der Waals surface area contributed by atoms with Gasteiger partial charge in [-0.1, -0.05) is 18.2 Å². The molecule has 7 heteroatoms. The molecule has 0 aromatic carbocycles. The molecule has 0 saturated heterocycles. The smallest absolute Gasteiger partial charge is 0.289 e. The van der Waals surface area contributed by atoms with Crippen LogP contribution in [0, 0.1) is 22.7 Å². The largest absolute Gasteiger partial charge is 0.464 e. The summed E-state index contributed by atoms with van der Waals surface area (Å²) < 4.78 is 5.38. The molecule has 3 N–H and O–H groups in total. The van der Waals surface area contributed by atoms with E-state index in [-0.39, 0.29) is 28.0 Å². The highest BCUT2D eigenvalue weighted by atomic mass is 32.2. The zero-order valence-corrected chi connectivity index (χ0v) is 13.7. The molecular formula is C17H15N4O2S+. The fourth-order valence-electron chi connectivity index (χ4n) is 2.82. The first kappa shape index (κ1) is 16.1. The van der Waals surface area contributed by atoms with E-state index in [1.807, 2.05) is 6.07 Å². The van der Waals surface area contributed by atoms with Crippen LogP contribution in [0.1, 0.15) is 36.8 Å². The summed E-state index contributed by atoms with van der Waals surface area (Å²) in [5.41, 5.74) is 6.79. The van der Waals surface area contributed by atoms with Crippen molar-refractivity contribution in [2.45, 2.75) is 36.0 Å². The number of aromatic nitrogens is 1. The van der Waals surface area contributed by atoms with Crippen LogP contribution in [0.15, 0.2) is 27.8 Å². The number of nitrogens with one attached hydrogen (secondary N) is 1. The second kappa shape index (κ2) is 6.77. The number of hydrogen-bond donors (Lipinski definition) is 1. The molecule has 1 aliphatic carbocycles. The number of carbonyl (C=O) groups is 1. The highest BCUT2D eigenvalue weighted by Gasteiger charge is 2.30. The Labute approximate surface area is 143 Å². The minimum absolute atomic E-state index is 0.161. The quantitative estimate of drug-likeness (QED) is 0.918. The van der Waals surface area contributed by atoms with E-state index in [4.69, 9.17) is 10.2 Å². The number of anilines is 1. The van der Waals surface area contributed by atoms with Gasteiger partial charge in [0.25, 0.3) is 5.82 Å². The summed E-state index contributed by atoms with van der Waals surface area (Å²) in [7, 11) is 0. The van der Waals surface area contributed by atoms with Crippen LogP contribution in [0.25, 0.3) is 11.3 Å². The predicted octanol–water partition coefficient (Wildman–Crippen LogP) is 2.69. The summed E-state index contributed by atoms with van der Waals surface area (Å²) in [5, 5.41) is 19.4. The molecule has 3 rings (SSSR count). The van der Waals surface area contributed by atoms with Crippen LogP contribution in [0.5, 0.6) is 0 Å². The van der Waals surface area contributed by atoms with Crippen LogP contribution >= 0.6 is 11.8 Å². The number of nitrogens with two attached hydrogens (primary N) is 1. The van der Waals surface area contributed by atoms with Gasteiger partial charge in [0.2, 0.25) is 0 Å². The minimum atomic E-state index is -0.195. The molecule has 1 aliphatic rings. The summed E-state index contributed by atoms with van der Waals surface area (Å²) in [5.74, 6) is 0.750. The summed E-state index contributed by atoms with van der Waals surface area (Å²) in [6, 6.07) is 7.51. The number of hydrogen-bond acceptors (Lipinski definition) is 6. The number of pyridine rings is 1. The van der Waals surface area contributed by atoms with E-state index in [1.54, 1.807) is 12.1 Å². The molecule has 2 aromatic rings. The number of thioether (sulfide) groups is 1. The Morgan fingerprint density at radius 3 is 2.71 bits per heavy atom. The first-order valence-electron chi connectivity index (χ1n) is 7.58. The third kappa shape index (κ3) is 2.86. The third-order valence-corrected chi connectivity index (χ3v) is 5.32. The Morgan fingerprint density at radius 2 is 2.08 bits per heavy atom. The zero-order valence-electron chi connectivity index (χ0n) is 12.8. The molecule has 0 radical (unpaired) electrons. The summed E-state index contributed by atoms with van der Waals surface area (Å²) >= 11 is 1.31. The fraction of sp³-hybridized carbons (Fsp3) is 0.294. The van der Waals surface area contributed by atoms with E-state index in [0.717, 1.165) is 19.3 Å². The Hall–Kier alpha value is -2.77. The first-order chi connectivity index (χ1) is 11.7. The molecule has 1 saturated carbocycles. The number of furan rings is 1. The van der Waals surface area contributed by atoms with Gasteiger partial charge in [0.05, 0.1) is 17.1 Å². The molecule has 2 heterocycles. The summed E-state index contributed by atoms with van der Waals surface area (Å²) in [4.78, 5) is 15.0. The second-order valence-corrected chi connectivity index (χ2v) is 6.73. The van der Waals surface area contributed by atoms with E-state index in [2.05, 4.69) is 11.1 Å². The van der Waals surface area contributed by atoms with Crippen LogP contribution in [-0.2, 0) is 4.79 Å². The molecule has 1 atom stereocenters. The number of aromatic amines is 1. The zero-order chi connectivity index (χ0) is 17.1. The van der Waals surface area contributed by atoms with Gasteiger partial charge in [0.15, 0.2) is 10.6 Å². The topological polar surface area (TPSA) is 118 Å². The van der Waals surface area contributed by atoms with Gasteiger partial charge in [-0.2, -0.15) is 10.5 Å². The summed E-state index contributed by atoms with van der Waals surface area (Å²) in [6.07, 6.45) is 4.72. The highest BCUT2D eigenvalue weighted by molar-refractivity contribution is 8.00. The maximum Gasteiger partial charge on any atom is 0.289 e. The molecule has 0 unspecified atom stereocenters. The molecular weight excluding hydrogens is 324 g/mol. The van der Waals surface area contributed by atoms with E-state index in [9.17, 15) is 15.3 Å². The van der Waals surface area contributed by atoms with Gasteiger partial charge in [-0.3, -0.25) is 10.5 Å². The van der Waals surface area contributed by atoms with Gasteiger partial charge in [0, 0.05) is 6.42 Å². The molecule has 120 valence electrons. The van der Waals surface area contributed by atoms with Crippen molar-refractivity contribution in [2.24, 2.45) is 0 Å². The number of carbonyl (C=O) groups excluding carboxylic acids is 1. The Balaban J connectivity index is 2.12.